The third kappa shape index (κ3) is 6.41. The first-order valence-corrected chi connectivity index (χ1v) is 18.3. The Balaban J connectivity index is 1.02. The van der Waals surface area contributed by atoms with Crippen molar-refractivity contribution in [3.8, 4) is 22.3 Å². The molecule has 2 heteroatoms. The zero-order valence-corrected chi connectivity index (χ0v) is 29.1. The predicted molar refractivity (Wildman–Crippen MR) is 221 cm³/mol. The molecule has 0 aliphatic heterocycles. The Morgan fingerprint density at radius 3 is 2.00 bits per heavy atom. The van der Waals surface area contributed by atoms with Crippen LogP contribution in [-0.4, -0.2) is 10.9 Å². The molecule has 0 amide bonds. The van der Waals surface area contributed by atoms with Crippen molar-refractivity contribution in [1.29, 1.82) is 0 Å². The van der Waals surface area contributed by atoms with Crippen molar-refractivity contribution in [2.24, 2.45) is 0 Å². The van der Waals surface area contributed by atoms with Gasteiger partial charge in [-0.1, -0.05) is 170 Å². The largest absolute Gasteiger partial charge is 0.355 e. The molecule has 1 unspecified atom stereocenters. The molecule has 0 fully saturated rings. The van der Waals surface area contributed by atoms with Crippen LogP contribution in [0.3, 0.4) is 0 Å². The van der Waals surface area contributed by atoms with E-state index in [-0.39, 0.29) is 6.04 Å². The lowest BCUT2D eigenvalue weighted by molar-refractivity contribution is 0.210. The van der Waals surface area contributed by atoms with Crippen LogP contribution in [0, 0.1) is 0 Å². The van der Waals surface area contributed by atoms with Crippen LogP contribution in [0.25, 0.3) is 54.6 Å². The summed E-state index contributed by atoms with van der Waals surface area (Å²) < 4.78 is 0. The van der Waals surface area contributed by atoms with E-state index >= 15 is 0 Å². The highest BCUT2D eigenvalue weighted by molar-refractivity contribution is 6.23. The lowest BCUT2D eigenvalue weighted by Crippen LogP contribution is -2.33. The molecule has 0 radical (unpaired) electrons. The van der Waals surface area contributed by atoms with Gasteiger partial charge in [0, 0.05) is 36.1 Å². The number of nitrogens with one attached hydrogen (secondary N) is 1. The third-order valence-corrected chi connectivity index (χ3v) is 10.4. The lowest BCUT2D eigenvalue weighted by atomic mass is 9.89. The van der Waals surface area contributed by atoms with E-state index in [1.54, 1.807) is 0 Å². The molecule has 0 saturated heterocycles. The second kappa shape index (κ2) is 14.2. The van der Waals surface area contributed by atoms with Crippen molar-refractivity contribution in [3.63, 3.8) is 0 Å². The van der Waals surface area contributed by atoms with Crippen LogP contribution in [0.1, 0.15) is 17.5 Å². The van der Waals surface area contributed by atoms with Gasteiger partial charge in [-0.2, -0.15) is 0 Å². The predicted octanol–water partition coefficient (Wildman–Crippen LogP) is 12.8. The lowest BCUT2D eigenvalue weighted by Gasteiger charge is -2.31. The fraction of sp³-hybridized carbons (Fsp3) is 0.0800. The van der Waals surface area contributed by atoms with Gasteiger partial charge in [-0.25, -0.2) is 0 Å². The second-order valence-corrected chi connectivity index (χ2v) is 13.8. The van der Waals surface area contributed by atoms with Crippen molar-refractivity contribution in [1.82, 2.24) is 4.90 Å². The minimum atomic E-state index is 0.275. The van der Waals surface area contributed by atoms with Crippen LogP contribution in [0.5, 0.6) is 0 Å². The van der Waals surface area contributed by atoms with E-state index in [1.807, 2.05) is 0 Å². The molecule has 1 N–H and O–H groups in total. The minimum absolute atomic E-state index is 0.275. The van der Waals surface area contributed by atoms with Gasteiger partial charge >= 0.3 is 0 Å². The average molecular weight is 669 g/mol. The first-order valence-electron chi connectivity index (χ1n) is 18.3. The Bertz CT molecular complexity index is 2580. The molecular formula is C50H40N2. The minimum Gasteiger partial charge on any atom is -0.355 e. The summed E-state index contributed by atoms with van der Waals surface area (Å²) in [4.78, 5) is 2.60. The number of fused-ring (bicyclic) bond motifs is 5. The normalized spacial score (nSPS) is 14.2. The van der Waals surface area contributed by atoms with Crippen LogP contribution in [-0.2, 0) is 13.1 Å². The van der Waals surface area contributed by atoms with Gasteiger partial charge < -0.3 is 5.32 Å². The molecule has 0 spiro atoms. The van der Waals surface area contributed by atoms with E-state index in [4.69, 9.17) is 0 Å². The Morgan fingerprint density at radius 1 is 0.500 bits per heavy atom. The Labute approximate surface area is 306 Å². The highest BCUT2D eigenvalue weighted by Crippen LogP contribution is 2.42. The summed E-state index contributed by atoms with van der Waals surface area (Å²) in [6, 6.07) is 64.0. The summed E-state index contributed by atoms with van der Waals surface area (Å²) in [6.45, 7) is 1.75. The number of nitrogens with zero attached hydrogens (tertiary/aromatic N) is 1. The van der Waals surface area contributed by atoms with Crippen molar-refractivity contribution < 1.29 is 0 Å². The molecule has 0 aromatic heterocycles. The van der Waals surface area contributed by atoms with E-state index in [2.05, 4.69) is 204 Å². The van der Waals surface area contributed by atoms with Gasteiger partial charge in [-0.3, -0.25) is 4.90 Å². The van der Waals surface area contributed by atoms with Crippen molar-refractivity contribution in [3.05, 3.63) is 211 Å². The molecule has 9 rings (SSSR count). The average Bonchev–Trinajstić information content (AvgIpc) is 3.21. The van der Waals surface area contributed by atoms with E-state index in [1.165, 1.54) is 65.7 Å². The van der Waals surface area contributed by atoms with E-state index in [9.17, 15) is 0 Å². The van der Waals surface area contributed by atoms with Gasteiger partial charge in [0.05, 0.1) is 0 Å². The summed E-state index contributed by atoms with van der Waals surface area (Å²) in [5.74, 6) is 0. The molecule has 1 aliphatic rings. The second-order valence-electron chi connectivity index (χ2n) is 13.8. The summed E-state index contributed by atoms with van der Waals surface area (Å²) in [7, 11) is 0. The fourth-order valence-corrected chi connectivity index (χ4v) is 7.87. The molecule has 52 heavy (non-hydrogen) atoms. The topological polar surface area (TPSA) is 15.3 Å². The van der Waals surface area contributed by atoms with Gasteiger partial charge in [0.2, 0.25) is 0 Å². The summed E-state index contributed by atoms with van der Waals surface area (Å²) >= 11 is 0. The molecule has 8 aromatic carbocycles. The SMILES string of the molecule is C1=CC(N(Cc2ccccc2)Cc2cccc(-c3ccccc3)c2)CC=C1Nc1ccccc1-c1cc2ccccc2c2ccc3ccccc3c12. The molecule has 2 nitrogen and oxygen atoms in total. The molecule has 1 aliphatic carbocycles. The maximum absolute atomic E-state index is 3.85. The molecular weight excluding hydrogens is 629 g/mol. The highest BCUT2D eigenvalue weighted by Gasteiger charge is 2.20. The highest BCUT2D eigenvalue weighted by atomic mass is 15.1. The van der Waals surface area contributed by atoms with E-state index < -0.39 is 0 Å². The van der Waals surface area contributed by atoms with Crippen LogP contribution in [0.4, 0.5) is 5.69 Å². The number of hydrogen-bond acceptors (Lipinski definition) is 2. The van der Waals surface area contributed by atoms with Crippen LogP contribution < -0.4 is 5.32 Å². The Hall–Kier alpha value is -6.22. The summed E-state index contributed by atoms with van der Waals surface area (Å²) in [5.41, 5.74) is 9.85. The molecule has 0 saturated carbocycles. The summed E-state index contributed by atoms with van der Waals surface area (Å²) in [5, 5.41) is 11.5. The number of allylic oxidation sites excluding steroid dienone is 1. The van der Waals surface area contributed by atoms with Gasteiger partial charge in [-0.15, -0.1) is 0 Å². The number of anilines is 1. The zero-order valence-electron chi connectivity index (χ0n) is 29.1. The molecule has 8 aromatic rings. The standard InChI is InChI=1S/C50H40N2/c1-3-14-36(15-4-1)34-52(35-37-16-13-21-40(32-37)38-17-5-2-6-18-38)43-29-27-42(28-30-43)51-49-25-12-11-24-46(49)48-33-41-20-8-9-22-44(41)47-31-26-39-19-7-10-23-45(39)50(47)48/h1-29,31-33,43,51H,30,34-35H2. The van der Waals surface area contributed by atoms with Crippen LogP contribution in [0.15, 0.2) is 200 Å². The number of rotatable bonds is 9. The monoisotopic (exact) mass is 668 g/mol. The van der Waals surface area contributed by atoms with Gasteiger partial charge in [0.15, 0.2) is 0 Å². The van der Waals surface area contributed by atoms with Crippen LogP contribution >= 0.6 is 0 Å². The van der Waals surface area contributed by atoms with E-state index in [0.717, 1.165) is 30.9 Å². The summed E-state index contributed by atoms with van der Waals surface area (Å²) in [6.07, 6.45) is 7.95. The van der Waals surface area contributed by atoms with Crippen molar-refractivity contribution in [2.75, 3.05) is 5.32 Å². The number of para-hydroxylation sites is 1. The van der Waals surface area contributed by atoms with Gasteiger partial charge in [0.25, 0.3) is 0 Å². The van der Waals surface area contributed by atoms with Gasteiger partial charge in [0.1, 0.15) is 0 Å². The first-order chi connectivity index (χ1) is 25.8. The van der Waals surface area contributed by atoms with Crippen LogP contribution in [0.2, 0.25) is 0 Å². The number of benzene rings is 8. The third-order valence-electron chi connectivity index (χ3n) is 10.4. The maximum Gasteiger partial charge on any atom is 0.0464 e. The quantitative estimate of drug-likeness (QED) is 0.154. The first kappa shape index (κ1) is 31.7. The Kier molecular flexibility index (Phi) is 8.66. The molecule has 250 valence electrons. The van der Waals surface area contributed by atoms with Gasteiger partial charge in [-0.05, 0) is 90.8 Å². The van der Waals surface area contributed by atoms with Crippen molar-refractivity contribution in [2.45, 2.75) is 25.6 Å². The maximum atomic E-state index is 3.85. The van der Waals surface area contributed by atoms with Crippen molar-refractivity contribution >= 4 is 38.0 Å². The zero-order chi connectivity index (χ0) is 34.7. The molecule has 0 bridgehead atoms. The fourth-order valence-electron chi connectivity index (χ4n) is 7.87. The number of hydrogen-bond donors (Lipinski definition) is 1. The molecule has 1 atom stereocenters. The Morgan fingerprint density at radius 2 is 1.17 bits per heavy atom. The smallest absolute Gasteiger partial charge is 0.0464 e. The molecule has 0 heterocycles. The van der Waals surface area contributed by atoms with E-state index in [0.29, 0.717) is 0 Å².